The molecule has 0 aliphatic carbocycles. The summed E-state index contributed by atoms with van der Waals surface area (Å²) in [6.45, 7) is 1.03. The minimum absolute atomic E-state index is 0.122. The fourth-order valence-electron chi connectivity index (χ4n) is 2.37. The van der Waals surface area contributed by atoms with E-state index >= 15 is 0 Å². The molecule has 7 heteroatoms. The van der Waals surface area contributed by atoms with Crippen LogP contribution >= 0.6 is 11.8 Å². The van der Waals surface area contributed by atoms with E-state index in [1.165, 1.54) is 28.8 Å². The normalized spacial score (nSPS) is 21.6. The zero-order valence-electron chi connectivity index (χ0n) is 11.2. The summed E-state index contributed by atoms with van der Waals surface area (Å²) in [6.07, 6.45) is 0.168. The predicted molar refractivity (Wildman–Crippen MR) is 79.8 cm³/mol. The molecule has 1 aromatic rings. The fraction of sp³-hybridized carbons (Fsp3) is 0.357. The van der Waals surface area contributed by atoms with Crippen LogP contribution in [-0.2, 0) is 9.59 Å². The molecule has 0 unspecified atom stereocenters. The van der Waals surface area contributed by atoms with Crippen molar-refractivity contribution in [1.82, 2.24) is 5.32 Å². The molecule has 110 valence electrons. The van der Waals surface area contributed by atoms with Gasteiger partial charge in [0.2, 0.25) is 11.8 Å². The lowest BCUT2D eigenvalue weighted by atomic mass is 10.1. The first kappa shape index (κ1) is 14.1. The zero-order chi connectivity index (χ0) is 14.8. The predicted octanol–water partition coefficient (Wildman–Crippen LogP) is 1.40. The van der Waals surface area contributed by atoms with Crippen LogP contribution in [0.2, 0.25) is 0 Å². The van der Waals surface area contributed by atoms with Crippen molar-refractivity contribution in [3.63, 3.8) is 0 Å². The van der Waals surface area contributed by atoms with Gasteiger partial charge in [-0.2, -0.15) is 0 Å². The minimum atomic E-state index is -0.397. The van der Waals surface area contributed by atoms with E-state index in [0.29, 0.717) is 23.9 Å². The van der Waals surface area contributed by atoms with Crippen LogP contribution in [0.5, 0.6) is 0 Å². The van der Waals surface area contributed by atoms with E-state index in [2.05, 4.69) is 10.3 Å². The molecule has 0 bridgehead atoms. The molecule has 1 fully saturated rings. The van der Waals surface area contributed by atoms with Gasteiger partial charge in [0.1, 0.15) is 5.82 Å². The molecule has 0 aromatic heterocycles. The third kappa shape index (κ3) is 3.07. The molecule has 2 aliphatic heterocycles. The maximum Gasteiger partial charge on any atom is 0.231 e. The maximum atomic E-state index is 12.9. The van der Waals surface area contributed by atoms with Crippen molar-refractivity contribution in [2.75, 3.05) is 23.7 Å². The van der Waals surface area contributed by atoms with E-state index in [1.807, 2.05) is 0 Å². The third-order valence-electron chi connectivity index (χ3n) is 3.45. The Labute approximate surface area is 125 Å². The average Bonchev–Trinajstić information content (AvgIpc) is 3.09. The first-order chi connectivity index (χ1) is 10.1. The molecule has 0 saturated carbocycles. The second-order valence-electron chi connectivity index (χ2n) is 4.91. The number of aliphatic imine (C=N–C) groups is 1. The molecular weight excluding hydrogens is 293 g/mol. The van der Waals surface area contributed by atoms with Crippen LogP contribution in [0.4, 0.5) is 10.1 Å². The standard InChI is InChI=1S/C14H14FN3O2S/c15-10-1-3-11(4-2-10)18-8-9(7-12(18)19)13(20)17-14-16-5-6-21-14/h1-4,9H,5-8H2,(H,16,17,20)/t9-/m0/s1. The fourth-order valence-corrected chi connectivity index (χ4v) is 3.10. The van der Waals surface area contributed by atoms with Crippen LogP contribution in [0.25, 0.3) is 0 Å². The third-order valence-corrected chi connectivity index (χ3v) is 4.34. The highest BCUT2D eigenvalue weighted by Crippen LogP contribution is 2.25. The quantitative estimate of drug-likeness (QED) is 0.898. The Hall–Kier alpha value is -1.89. The van der Waals surface area contributed by atoms with Gasteiger partial charge in [-0.1, -0.05) is 11.8 Å². The monoisotopic (exact) mass is 307 g/mol. The van der Waals surface area contributed by atoms with E-state index in [1.54, 1.807) is 12.1 Å². The van der Waals surface area contributed by atoms with Gasteiger partial charge >= 0.3 is 0 Å². The Kier molecular flexibility index (Phi) is 3.92. The minimum Gasteiger partial charge on any atom is -0.312 e. The summed E-state index contributed by atoms with van der Waals surface area (Å²) in [5, 5.41) is 3.39. The van der Waals surface area contributed by atoms with E-state index in [-0.39, 0.29) is 24.1 Å². The second-order valence-corrected chi connectivity index (χ2v) is 5.99. The first-order valence-corrected chi connectivity index (χ1v) is 7.66. The molecule has 2 heterocycles. The van der Waals surface area contributed by atoms with Crippen LogP contribution < -0.4 is 10.2 Å². The van der Waals surface area contributed by atoms with Crippen LogP contribution in [0.3, 0.4) is 0 Å². The van der Waals surface area contributed by atoms with Gasteiger partial charge in [0.25, 0.3) is 0 Å². The summed E-state index contributed by atoms with van der Waals surface area (Å²) in [7, 11) is 0. The number of nitrogens with one attached hydrogen (secondary N) is 1. The van der Waals surface area contributed by atoms with Gasteiger partial charge in [-0.3, -0.25) is 14.6 Å². The number of carbonyl (C=O) groups excluding carboxylic acids is 2. The largest absolute Gasteiger partial charge is 0.312 e. The van der Waals surface area contributed by atoms with Crippen LogP contribution in [-0.4, -0.2) is 35.8 Å². The molecule has 3 rings (SSSR count). The summed E-state index contributed by atoms with van der Waals surface area (Å²) >= 11 is 1.51. The van der Waals surface area contributed by atoms with Crippen LogP contribution in [0.15, 0.2) is 29.3 Å². The van der Waals surface area contributed by atoms with E-state index in [4.69, 9.17) is 0 Å². The number of hydrogen-bond donors (Lipinski definition) is 1. The Bertz CT molecular complexity index is 603. The van der Waals surface area contributed by atoms with Crippen molar-refractivity contribution in [2.24, 2.45) is 10.9 Å². The van der Waals surface area contributed by atoms with Gasteiger partial charge in [0, 0.05) is 24.4 Å². The lowest BCUT2D eigenvalue weighted by molar-refractivity contribution is -0.125. The molecule has 2 aliphatic rings. The molecule has 21 heavy (non-hydrogen) atoms. The highest BCUT2D eigenvalue weighted by atomic mass is 32.2. The maximum absolute atomic E-state index is 12.9. The van der Waals surface area contributed by atoms with Crippen molar-refractivity contribution < 1.29 is 14.0 Å². The van der Waals surface area contributed by atoms with Gasteiger partial charge in [0.15, 0.2) is 5.17 Å². The summed E-state index contributed by atoms with van der Waals surface area (Å²) in [5.74, 6) is -0.174. The highest BCUT2D eigenvalue weighted by Gasteiger charge is 2.35. The van der Waals surface area contributed by atoms with Crippen molar-refractivity contribution >= 4 is 34.4 Å². The lowest BCUT2D eigenvalue weighted by Crippen LogP contribution is -2.35. The molecule has 1 aromatic carbocycles. The Morgan fingerprint density at radius 1 is 1.38 bits per heavy atom. The smallest absolute Gasteiger partial charge is 0.231 e. The molecule has 1 N–H and O–H groups in total. The van der Waals surface area contributed by atoms with Gasteiger partial charge in [-0.25, -0.2) is 4.39 Å². The van der Waals surface area contributed by atoms with Crippen molar-refractivity contribution in [3.05, 3.63) is 30.1 Å². The van der Waals surface area contributed by atoms with Crippen molar-refractivity contribution in [1.29, 1.82) is 0 Å². The molecule has 1 saturated heterocycles. The second kappa shape index (κ2) is 5.85. The average molecular weight is 307 g/mol. The van der Waals surface area contributed by atoms with Gasteiger partial charge in [0.05, 0.1) is 12.5 Å². The number of anilines is 1. The lowest BCUT2D eigenvalue weighted by Gasteiger charge is -2.16. The number of amidine groups is 1. The van der Waals surface area contributed by atoms with Crippen molar-refractivity contribution in [2.45, 2.75) is 6.42 Å². The summed E-state index contributed by atoms with van der Waals surface area (Å²) < 4.78 is 12.9. The Morgan fingerprint density at radius 2 is 2.14 bits per heavy atom. The molecule has 0 radical (unpaired) electrons. The summed E-state index contributed by atoms with van der Waals surface area (Å²) in [6, 6.07) is 5.70. The number of halogens is 1. The Balaban J connectivity index is 1.66. The van der Waals surface area contributed by atoms with Gasteiger partial charge < -0.3 is 10.2 Å². The number of amides is 2. The number of nitrogens with zero attached hydrogens (tertiary/aromatic N) is 2. The topological polar surface area (TPSA) is 61.8 Å². The van der Waals surface area contributed by atoms with Crippen LogP contribution in [0, 0.1) is 11.7 Å². The number of benzene rings is 1. The van der Waals surface area contributed by atoms with E-state index in [0.717, 1.165) is 5.75 Å². The van der Waals surface area contributed by atoms with E-state index in [9.17, 15) is 14.0 Å². The van der Waals surface area contributed by atoms with E-state index < -0.39 is 5.92 Å². The Morgan fingerprint density at radius 3 is 2.81 bits per heavy atom. The summed E-state index contributed by atoms with van der Waals surface area (Å²) in [5.41, 5.74) is 0.615. The molecule has 0 spiro atoms. The molecule has 1 atom stereocenters. The SMILES string of the molecule is O=C(NC1=NCCS1)[C@H]1CC(=O)N(c2ccc(F)cc2)C1. The van der Waals surface area contributed by atoms with Gasteiger partial charge in [-0.15, -0.1) is 0 Å². The van der Waals surface area contributed by atoms with Crippen molar-refractivity contribution in [3.8, 4) is 0 Å². The highest BCUT2D eigenvalue weighted by molar-refractivity contribution is 8.14. The number of thioether (sulfide) groups is 1. The number of carbonyl (C=O) groups is 2. The first-order valence-electron chi connectivity index (χ1n) is 6.67. The summed E-state index contributed by atoms with van der Waals surface area (Å²) in [4.78, 5) is 29.8. The van der Waals surface area contributed by atoms with Gasteiger partial charge in [-0.05, 0) is 24.3 Å². The number of hydrogen-bond acceptors (Lipinski definition) is 4. The zero-order valence-corrected chi connectivity index (χ0v) is 12.0. The molecule has 2 amide bonds. The molecular formula is C14H14FN3O2S. The van der Waals surface area contributed by atoms with Crippen LogP contribution in [0.1, 0.15) is 6.42 Å². The molecule has 5 nitrogen and oxygen atoms in total. The number of rotatable bonds is 2.